The number of para-hydroxylation sites is 1. The van der Waals surface area contributed by atoms with Crippen LogP contribution in [0.3, 0.4) is 0 Å². The number of carbonyl (C=O) groups is 1. The second kappa shape index (κ2) is 11.3. The van der Waals surface area contributed by atoms with Crippen molar-refractivity contribution < 1.29 is 9.21 Å². The van der Waals surface area contributed by atoms with Gasteiger partial charge in [0.2, 0.25) is 0 Å². The van der Waals surface area contributed by atoms with E-state index in [1.165, 1.54) is 11.3 Å². The van der Waals surface area contributed by atoms with Crippen LogP contribution in [0.5, 0.6) is 0 Å². The maximum atomic E-state index is 12.7. The molecule has 0 aliphatic carbocycles. The van der Waals surface area contributed by atoms with Crippen molar-refractivity contribution in [1.82, 2.24) is 5.32 Å². The third-order valence-electron chi connectivity index (χ3n) is 5.17. The number of halogens is 2. The smallest absolute Gasteiger partial charge is 0.287 e. The number of nitrogens with zero attached hydrogens (tertiary/aromatic N) is 1. The van der Waals surface area contributed by atoms with Gasteiger partial charge in [-0.05, 0) is 37.5 Å². The van der Waals surface area contributed by atoms with Gasteiger partial charge in [-0.2, -0.15) is 0 Å². The Morgan fingerprint density at radius 1 is 1.32 bits per heavy atom. The van der Waals surface area contributed by atoms with Gasteiger partial charge in [0.15, 0.2) is 5.76 Å². The van der Waals surface area contributed by atoms with E-state index in [9.17, 15) is 4.79 Å². The third kappa shape index (κ3) is 5.43. The van der Waals surface area contributed by atoms with E-state index in [-0.39, 0.29) is 36.8 Å². The van der Waals surface area contributed by atoms with Gasteiger partial charge in [0.1, 0.15) is 0 Å². The zero-order valence-electron chi connectivity index (χ0n) is 16.5. The standard InChI is InChI=1S/C21H29N3O2.2ClH/c1-3-4-8-18(13-22)23-21(25)20-17(10-11-26-20)14-24-15(2)12-16-7-5-6-9-19(16)24;;/h5-7,9-11,15,18H,3-4,8,12-14,22H2,1-2H3,(H,23,25);2*1H. The third-order valence-corrected chi connectivity index (χ3v) is 5.17. The zero-order valence-corrected chi connectivity index (χ0v) is 18.2. The first-order chi connectivity index (χ1) is 12.6. The van der Waals surface area contributed by atoms with E-state index in [1.54, 1.807) is 6.26 Å². The largest absolute Gasteiger partial charge is 0.459 e. The number of furan rings is 1. The summed E-state index contributed by atoms with van der Waals surface area (Å²) in [6.45, 7) is 5.46. The van der Waals surface area contributed by atoms with Gasteiger partial charge < -0.3 is 20.4 Å². The van der Waals surface area contributed by atoms with Crippen molar-refractivity contribution in [3.05, 3.63) is 53.5 Å². The van der Waals surface area contributed by atoms with Crippen molar-refractivity contribution in [3.8, 4) is 0 Å². The maximum Gasteiger partial charge on any atom is 0.287 e. The molecule has 0 radical (unpaired) electrons. The van der Waals surface area contributed by atoms with Crippen molar-refractivity contribution in [1.29, 1.82) is 0 Å². The van der Waals surface area contributed by atoms with Crippen LogP contribution < -0.4 is 16.0 Å². The van der Waals surface area contributed by atoms with E-state index in [0.717, 1.165) is 31.2 Å². The van der Waals surface area contributed by atoms with E-state index >= 15 is 0 Å². The predicted octanol–water partition coefficient (Wildman–Crippen LogP) is 4.32. The summed E-state index contributed by atoms with van der Waals surface area (Å²) in [7, 11) is 0. The molecule has 3 rings (SSSR count). The molecule has 156 valence electrons. The van der Waals surface area contributed by atoms with E-state index in [2.05, 4.69) is 48.3 Å². The Morgan fingerprint density at radius 3 is 2.79 bits per heavy atom. The van der Waals surface area contributed by atoms with E-state index in [4.69, 9.17) is 10.2 Å². The molecule has 1 aliphatic rings. The molecule has 1 amide bonds. The van der Waals surface area contributed by atoms with Crippen molar-refractivity contribution in [2.24, 2.45) is 5.73 Å². The lowest BCUT2D eigenvalue weighted by Crippen LogP contribution is -2.40. The minimum absolute atomic E-state index is 0. The molecule has 0 saturated heterocycles. The molecule has 1 aromatic carbocycles. The van der Waals surface area contributed by atoms with Crippen LogP contribution in [-0.2, 0) is 13.0 Å². The first-order valence-electron chi connectivity index (χ1n) is 9.55. The summed E-state index contributed by atoms with van der Waals surface area (Å²) in [6.07, 6.45) is 5.66. The minimum atomic E-state index is -0.170. The first-order valence-corrected chi connectivity index (χ1v) is 9.55. The van der Waals surface area contributed by atoms with Crippen molar-refractivity contribution in [2.45, 2.75) is 58.2 Å². The lowest BCUT2D eigenvalue weighted by Gasteiger charge is -2.25. The van der Waals surface area contributed by atoms with Crippen molar-refractivity contribution >= 4 is 36.4 Å². The second-order valence-electron chi connectivity index (χ2n) is 7.13. The molecule has 1 aliphatic heterocycles. The molecule has 0 saturated carbocycles. The Hall–Kier alpha value is -1.69. The van der Waals surface area contributed by atoms with E-state index in [0.29, 0.717) is 24.9 Å². The number of rotatable bonds is 8. The first kappa shape index (κ1) is 24.3. The van der Waals surface area contributed by atoms with Gasteiger partial charge in [0.25, 0.3) is 5.91 Å². The molecule has 1 aromatic heterocycles. The summed E-state index contributed by atoms with van der Waals surface area (Å²) in [5, 5.41) is 3.02. The molecule has 28 heavy (non-hydrogen) atoms. The lowest BCUT2D eigenvalue weighted by atomic mass is 10.1. The molecule has 0 bridgehead atoms. The molecule has 3 N–H and O–H groups in total. The molecule has 2 atom stereocenters. The number of nitrogens with two attached hydrogens (primary N) is 1. The maximum absolute atomic E-state index is 12.7. The van der Waals surface area contributed by atoms with Gasteiger partial charge in [-0.15, -0.1) is 24.8 Å². The van der Waals surface area contributed by atoms with Crippen molar-refractivity contribution in [2.75, 3.05) is 11.4 Å². The molecule has 2 heterocycles. The average Bonchev–Trinajstić information content (AvgIpc) is 3.23. The molecule has 7 heteroatoms. The summed E-state index contributed by atoms with van der Waals surface area (Å²) in [6, 6.07) is 10.8. The van der Waals surface area contributed by atoms with Gasteiger partial charge in [-0.25, -0.2) is 0 Å². The Labute approximate surface area is 179 Å². The zero-order chi connectivity index (χ0) is 18.5. The number of hydrogen-bond acceptors (Lipinski definition) is 4. The Bertz CT molecular complexity index is 751. The summed E-state index contributed by atoms with van der Waals surface area (Å²) in [4.78, 5) is 15.0. The van der Waals surface area contributed by atoms with E-state index in [1.807, 2.05) is 6.07 Å². The fraction of sp³-hybridized carbons (Fsp3) is 0.476. The molecule has 0 spiro atoms. The summed E-state index contributed by atoms with van der Waals surface area (Å²) in [5.74, 6) is 0.230. The highest BCUT2D eigenvalue weighted by Crippen LogP contribution is 2.33. The van der Waals surface area contributed by atoms with Crippen LogP contribution in [0, 0.1) is 0 Å². The Balaban J connectivity index is 0.00000196. The fourth-order valence-corrected chi connectivity index (χ4v) is 3.66. The summed E-state index contributed by atoms with van der Waals surface area (Å²) < 4.78 is 5.53. The van der Waals surface area contributed by atoms with E-state index < -0.39 is 0 Å². The van der Waals surface area contributed by atoms with Crippen molar-refractivity contribution in [3.63, 3.8) is 0 Å². The number of benzene rings is 1. The van der Waals surface area contributed by atoms with Crippen LogP contribution in [0.25, 0.3) is 0 Å². The topological polar surface area (TPSA) is 71.5 Å². The molecular weight excluding hydrogens is 397 g/mol. The second-order valence-corrected chi connectivity index (χ2v) is 7.13. The highest BCUT2D eigenvalue weighted by Gasteiger charge is 2.28. The molecule has 2 unspecified atom stereocenters. The quantitative estimate of drug-likeness (QED) is 0.657. The average molecular weight is 428 g/mol. The summed E-state index contributed by atoms with van der Waals surface area (Å²) in [5.41, 5.74) is 9.32. The number of hydrogen-bond donors (Lipinski definition) is 2. The Kier molecular flexibility index (Phi) is 9.87. The SMILES string of the molecule is CCCCC(CN)NC(=O)c1occc1CN1c2ccccc2CC1C.Cl.Cl. The normalized spacial score (nSPS) is 16.0. The highest BCUT2D eigenvalue weighted by atomic mass is 35.5. The highest BCUT2D eigenvalue weighted by molar-refractivity contribution is 5.93. The van der Waals surface area contributed by atoms with Crippen LogP contribution in [0.2, 0.25) is 0 Å². The van der Waals surface area contributed by atoms with Gasteiger partial charge >= 0.3 is 0 Å². The molecule has 5 nitrogen and oxygen atoms in total. The minimum Gasteiger partial charge on any atom is -0.459 e. The predicted molar refractivity (Wildman–Crippen MR) is 119 cm³/mol. The number of nitrogens with one attached hydrogen (secondary N) is 1. The molecule has 0 fully saturated rings. The van der Waals surface area contributed by atoms with Gasteiger partial charge in [0.05, 0.1) is 6.26 Å². The number of carbonyl (C=O) groups excluding carboxylic acids is 1. The number of fused-ring (bicyclic) bond motifs is 1. The fourth-order valence-electron chi connectivity index (χ4n) is 3.66. The van der Waals surface area contributed by atoms with Crippen LogP contribution in [0.15, 0.2) is 41.0 Å². The van der Waals surface area contributed by atoms with Gasteiger partial charge in [0, 0.05) is 36.4 Å². The Morgan fingerprint density at radius 2 is 2.07 bits per heavy atom. The van der Waals surface area contributed by atoms with Crippen LogP contribution in [-0.4, -0.2) is 24.5 Å². The van der Waals surface area contributed by atoms with Crippen LogP contribution in [0.1, 0.15) is 54.8 Å². The summed E-state index contributed by atoms with van der Waals surface area (Å²) >= 11 is 0. The molecular formula is C21H31Cl2N3O2. The van der Waals surface area contributed by atoms with Crippen LogP contribution >= 0.6 is 24.8 Å². The number of unbranched alkanes of at least 4 members (excludes halogenated alkanes) is 1. The molecule has 2 aromatic rings. The monoisotopic (exact) mass is 427 g/mol. The van der Waals surface area contributed by atoms with Crippen LogP contribution in [0.4, 0.5) is 5.69 Å². The lowest BCUT2D eigenvalue weighted by molar-refractivity contribution is 0.0906. The van der Waals surface area contributed by atoms with Gasteiger partial charge in [-0.3, -0.25) is 4.79 Å². The van der Waals surface area contributed by atoms with Gasteiger partial charge in [-0.1, -0.05) is 38.0 Å². The number of amides is 1. The number of anilines is 1.